The number of carbonyl (C=O) groups excluding carboxylic acids is 1. The van der Waals surface area contributed by atoms with Gasteiger partial charge in [-0.1, -0.05) is 44.2 Å². The summed E-state index contributed by atoms with van der Waals surface area (Å²) < 4.78 is 11.0. The molecule has 1 N–H and O–H groups in total. The van der Waals surface area contributed by atoms with Crippen LogP contribution in [0.2, 0.25) is 0 Å². The number of ether oxygens (including phenoxy) is 2. The molecule has 2 aromatic carbocycles. The minimum Gasteiger partial charge on any atom is -0.496 e. The monoisotopic (exact) mass is 313 g/mol. The molecule has 2 rings (SSSR count). The van der Waals surface area contributed by atoms with Gasteiger partial charge >= 0.3 is 0 Å². The molecular formula is C19H23NO3. The molecule has 0 aliphatic rings. The Kier molecular flexibility index (Phi) is 6.03. The second-order valence-electron chi connectivity index (χ2n) is 5.50. The molecule has 0 spiro atoms. The summed E-state index contributed by atoms with van der Waals surface area (Å²) in [5, 5.41) is 2.85. The maximum Gasteiger partial charge on any atom is 0.255 e. The number of methoxy groups -OCH3 is 1. The van der Waals surface area contributed by atoms with Crippen LogP contribution in [-0.2, 0) is 0 Å². The smallest absolute Gasteiger partial charge is 0.255 e. The lowest BCUT2D eigenvalue weighted by Gasteiger charge is -2.14. The maximum absolute atomic E-state index is 12.2. The Bertz CT molecular complexity index is 653. The molecule has 0 aliphatic carbocycles. The van der Waals surface area contributed by atoms with Crippen molar-refractivity contribution in [1.82, 2.24) is 5.32 Å². The second kappa shape index (κ2) is 8.22. The second-order valence-corrected chi connectivity index (χ2v) is 5.50. The zero-order valence-corrected chi connectivity index (χ0v) is 13.8. The number of carbonyl (C=O) groups is 1. The fraction of sp³-hybridized carbons (Fsp3) is 0.316. The van der Waals surface area contributed by atoms with Crippen LogP contribution in [0.4, 0.5) is 0 Å². The molecule has 4 heteroatoms. The van der Waals surface area contributed by atoms with Gasteiger partial charge in [-0.3, -0.25) is 4.79 Å². The van der Waals surface area contributed by atoms with Crippen molar-refractivity contribution >= 4 is 5.91 Å². The van der Waals surface area contributed by atoms with Gasteiger partial charge < -0.3 is 14.8 Å². The zero-order valence-electron chi connectivity index (χ0n) is 13.8. The van der Waals surface area contributed by atoms with Gasteiger partial charge in [0, 0.05) is 0 Å². The van der Waals surface area contributed by atoms with Gasteiger partial charge in [-0.2, -0.15) is 0 Å². The van der Waals surface area contributed by atoms with Crippen molar-refractivity contribution in [2.24, 2.45) is 0 Å². The quantitative estimate of drug-likeness (QED) is 0.794. The Morgan fingerprint density at radius 2 is 1.70 bits per heavy atom. The molecule has 0 aliphatic heterocycles. The number of benzene rings is 2. The van der Waals surface area contributed by atoms with Crippen molar-refractivity contribution in [2.45, 2.75) is 19.8 Å². The van der Waals surface area contributed by atoms with Crippen molar-refractivity contribution < 1.29 is 14.3 Å². The normalized spacial score (nSPS) is 10.4. The van der Waals surface area contributed by atoms with Crippen LogP contribution in [0, 0.1) is 0 Å². The van der Waals surface area contributed by atoms with Crippen LogP contribution in [0.3, 0.4) is 0 Å². The van der Waals surface area contributed by atoms with Crippen LogP contribution >= 0.6 is 0 Å². The summed E-state index contributed by atoms with van der Waals surface area (Å²) in [6.07, 6.45) is 0. The van der Waals surface area contributed by atoms with E-state index in [0.29, 0.717) is 30.4 Å². The molecule has 0 saturated heterocycles. The molecule has 0 heterocycles. The Labute approximate surface area is 137 Å². The molecule has 122 valence electrons. The topological polar surface area (TPSA) is 47.6 Å². The van der Waals surface area contributed by atoms with E-state index in [9.17, 15) is 4.79 Å². The van der Waals surface area contributed by atoms with Gasteiger partial charge in [-0.05, 0) is 29.7 Å². The third-order valence-corrected chi connectivity index (χ3v) is 3.54. The predicted molar refractivity (Wildman–Crippen MR) is 91.4 cm³/mol. The first-order chi connectivity index (χ1) is 11.1. The molecule has 0 radical (unpaired) electrons. The van der Waals surface area contributed by atoms with Gasteiger partial charge in [-0.15, -0.1) is 0 Å². The van der Waals surface area contributed by atoms with E-state index >= 15 is 0 Å². The highest BCUT2D eigenvalue weighted by molar-refractivity contribution is 5.96. The summed E-state index contributed by atoms with van der Waals surface area (Å²) >= 11 is 0. The molecule has 0 bridgehead atoms. The van der Waals surface area contributed by atoms with Crippen LogP contribution < -0.4 is 14.8 Å². The number of hydrogen-bond acceptors (Lipinski definition) is 3. The van der Waals surface area contributed by atoms with E-state index < -0.39 is 0 Å². The summed E-state index contributed by atoms with van der Waals surface area (Å²) in [6.45, 7) is 5.12. The van der Waals surface area contributed by atoms with E-state index in [1.165, 1.54) is 5.56 Å². The Morgan fingerprint density at radius 1 is 1.04 bits per heavy atom. The number of hydrogen-bond donors (Lipinski definition) is 1. The number of para-hydroxylation sites is 2. The lowest BCUT2D eigenvalue weighted by Crippen LogP contribution is -2.28. The molecule has 1 amide bonds. The van der Waals surface area contributed by atoms with Crippen molar-refractivity contribution in [2.75, 3.05) is 20.3 Å². The highest BCUT2D eigenvalue weighted by Crippen LogP contribution is 2.25. The van der Waals surface area contributed by atoms with Gasteiger partial charge in [0.05, 0.1) is 19.2 Å². The van der Waals surface area contributed by atoms with E-state index in [-0.39, 0.29) is 5.91 Å². The first kappa shape index (κ1) is 16.9. The third kappa shape index (κ3) is 4.49. The molecule has 23 heavy (non-hydrogen) atoms. The Hall–Kier alpha value is -2.49. The number of amides is 1. The van der Waals surface area contributed by atoms with Crippen LogP contribution in [0.25, 0.3) is 0 Å². The molecule has 0 fully saturated rings. The summed E-state index contributed by atoms with van der Waals surface area (Å²) in [5.74, 6) is 1.67. The highest BCUT2D eigenvalue weighted by atomic mass is 16.5. The van der Waals surface area contributed by atoms with Crippen LogP contribution in [-0.4, -0.2) is 26.2 Å². The van der Waals surface area contributed by atoms with E-state index in [2.05, 4.69) is 25.2 Å². The SMILES string of the molecule is COc1ccccc1C(=O)NCCOc1ccccc1C(C)C. The minimum absolute atomic E-state index is 0.164. The van der Waals surface area contributed by atoms with E-state index in [4.69, 9.17) is 9.47 Å². The lowest BCUT2D eigenvalue weighted by molar-refractivity contribution is 0.0944. The zero-order chi connectivity index (χ0) is 16.7. The summed E-state index contributed by atoms with van der Waals surface area (Å²) in [5.41, 5.74) is 1.70. The summed E-state index contributed by atoms with van der Waals surface area (Å²) in [4.78, 5) is 12.2. The maximum atomic E-state index is 12.2. The lowest BCUT2D eigenvalue weighted by atomic mass is 10.0. The molecule has 0 aromatic heterocycles. The van der Waals surface area contributed by atoms with Crippen LogP contribution in [0.1, 0.15) is 35.7 Å². The average Bonchev–Trinajstić information content (AvgIpc) is 2.58. The fourth-order valence-electron chi connectivity index (χ4n) is 2.34. The average molecular weight is 313 g/mol. The standard InChI is InChI=1S/C19H23NO3/c1-14(2)15-8-4-7-11-18(15)23-13-12-20-19(21)16-9-5-6-10-17(16)22-3/h4-11,14H,12-13H2,1-3H3,(H,20,21). The fourth-order valence-corrected chi connectivity index (χ4v) is 2.34. The van der Waals surface area contributed by atoms with Gasteiger partial charge in [0.25, 0.3) is 5.91 Å². The molecule has 2 aromatic rings. The number of rotatable bonds is 7. The first-order valence-electron chi connectivity index (χ1n) is 7.76. The van der Waals surface area contributed by atoms with Gasteiger partial charge in [0.15, 0.2) is 0 Å². The largest absolute Gasteiger partial charge is 0.496 e. The molecule has 4 nitrogen and oxygen atoms in total. The van der Waals surface area contributed by atoms with Gasteiger partial charge in [0.1, 0.15) is 18.1 Å². The minimum atomic E-state index is -0.164. The molecule has 0 saturated carbocycles. The van der Waals surface area contributed by atoms with Crippen molar-refractivity contribution in [3.05, 3.63) is 59.7 Å². The molecule has 0 atom stereocenters. The first-order valence-corrected chi connectivity index (χ1v) is 7.76. The van der Waals surface area contributed by atoms with Crippen molar-refractivity contribution in [3.63, 3.8) is 0 Å². The van der Waals surface area contributed by atoms with Gasteiger partial charge in [0.2, 0.25) is 0 Å². The van der Waals surface area contributed by atoms with E-state index in [1.54, 1.807) is 19.2 Å². The third-order valence-electron chi connectivity index (χ3n) is 3.54. The van der Waals surface area contributed by atoms with Crippen molar-refractivity contribution in [3.8, 4) is 11.5 Å². The van der Waals surface area contributed by atoms with Gasteiger partial charge in [-0.25, -0.2) is 0 Å². The van der Waals surface area contributed by atoms with Crippen LogP contribution in [0.15, 0.2) is 48.5 Å². The molecular weight excluding hydrogens is 290 g/mol. The summed E-state index contributed by atoms with van der Waals surface area (Å²) in [7, 11) is 1.55. The van der Waals surface area contributed by atoms with E-state index in [1.807, 2.05) is 30.3 Å². The summed E-state index contributed by atoms with van der Waals surface area (Å²) in [6, 6.07) is 15.1. The Balaban J connectivity index is 1.87. The predicted octanol–water partition coefficient (Wildman–Crippen LogP) is 3.63. The number of nitrogens with one attached hydrogen (secondary N) is 1. The van der Waals surface area contributed by atoms with E-state index in [0.717, 1.165) is 5.75 Å². The highest BCUT2D eigenvalue weighted by Gasteiger charge is 2.11. The Morgan fingerprint density at radius 3 is 2.39 bits per heavy atom. The van der Waals surface area contributed by atoms with Crippen LogP contribution in [0.5, 0.6) is 11.5 Å². The van der Waals surface area contributed by atoms with Crippen molar-refractivity contribution in [1.29, 1.82) is 0 Å². The molecule has 0 unspecified atom stereocenters.